The first-order chi connectivity index (χ1) is 13.6. The van der Waals surface area contributed by atoms with Crippen molar-refractivity contribution in [1.29, 1.82) is 0 Å². The first-order valence-corrected chi connectivity index (χ1v) is 9.01. The molecule has 0 bridgehead atoms. The molecule has 1 heterocycles. The van der Waals surface area contributed by atoms with E-state index in [0.717, 1.165) is 16.0 Å². The van der Waals surface area contributed by atoms with Crippen molar-refractivity contribution in [2.45, 2.75) is 32.0 Å². The van der Waals surface area contributed by atoms with Crippen molar-refractivity contribution in [2.24, 2.45) is 0 Å². The molecule has 1 atom stereocenters. The number of ether oxygens (including phenoxy) is 2. The number of hydrogen-bond donors (Lipinski definition) is 1. The van der Waals surface area contributed by atoms with Gasteiger partial charge in [0.25, 0.3) is 0 Å². The van der Waals surface area contributed by atoms with E-state index in [1.807, 2.05) is 30.3 Å². The van der Waals surface area contributed by atoms with Crippen LogP contribution in [0.5, 0.6) is 5.75 Å². The molecule has 2 aromatic carbocycles. The van der Waals surface area contributed by atoms with Gasteiger partial charge in [-0.15, -0.1) is 0 Å². The second-order valence-electron chi connectivity index (χ2n) is 6.46. The molecule has 7 nitrogen and oxygen atoms in total. The van der Waals surface area contributed by atoms with Gasteiger partial charge < -0.3 is 14.8 Å². The smallest absolute Gasteiger partial charge is 0.329 e. The van der Waals surface area contributed by atoms with Crippen LogP contribution in [0.15, 0.2) is 54.6 Å². The maximum atomic E-state index is 12.5. The van der Waals surface area contributed by atoms with Gasteiger partial charge in [-0.25, -0.2) is 9.59 Å². The van der Waals surface area contributed by atoms with Crippen LogP contribution in [0.4, 0.5) is 4.79 Å². The predicted octanol–water partition coefficient (Wildman–Crippen LogP) is 2.64. The van der Waals surface area contributed by atoms with Crippen LogP contribution in [0.25, 0.3) is 0 Å². The lowest BCUT2D eigenvalue weighted by Crippen LogP contribution is -2.46. The SMILES string of the molecule is COc1ccc(CN2C(=O)CCC(C(=O)OCc3ccccc3)NC2=O)cc1. The minimum atomic E-state index is -0.846. The Hall–Kier alpha value is -3.35. The van der Waals surface area contributed by atoms with Crippen molar-refractivity contribution in [2.75, 3.05) is 7.11 Å². The molecule has 0 saturated carbocycles. The summed E-state index contributed by atoms with van der Waals surface area (Å²) in [7, 11) is 1.57. The lowest BCUT2D eigenvalue weighted by atomic mass is 10.1. The maximum Gasteiger partial charge on any atom is 0.329 e. The van der Waals surface area contributed by atoms with E-state index in [2.05, 4.69) is 5.32 Å². The van der Waals surface area contributed by atoms with Gasteiger partial charge in [0.1, 0.15) is 18.4 Å². The van der Waals surface area contributed by atoms with Gasteiger partial charge in [0.15, 0.2) is 0 Å². The fourth-order valence-corrected chi connectivity index (χ4v) is 2.89. The highest BCUT2D eigenvalue weighted by molar-refractivity contribution is 5.97. The fourth-order valence-electron chi connectivity index (χ4n) is 2.89. The van der Waals surface area contributed by atoms with Gasteiger partial charge in [-0.3, -0.25) is 9.69 Å². The van der Waals surface area contributed by atoms with Crippen LogP contribution in [-0.4, -0.2) is 36.0 Å². The molecule has 1 unspecified atom stereocenters. The van der Waals surface area contributed by atoms with Crippen LogP contribution in [0.2, 0.25) is 0 Å². The van der Waals surface area contributed by atoms with Gasteiger partial charge in [-0.2, -0.15) is 0 Å². The molecule has 1 aliphatic heterocycles. The number of hydrogen-bond acceptors (Lipinski definition) is 5. The molecule has 146 valence electrons. The average Bonchev–Trinajstić information content (AvgIpc) is 2.87. The molecule has 0 aliphatic carbocycles. The van der Waals surface area contributed by atoms with Gasteiger partial charge in [0, 0.05) is 6.42 Å². The summed E-state index contributed by atoms with van der Waals surface area (Å²) in [5, 5.41) is 2.61. The molecule has 1 fully saturated rings. The molecule has 0 spiro atoms. The van der Waals surface area contributed by atoms with E-state index in [9.17, 15) is 14.4 Å². The number of methoxy groups -OCH3 is 1. The maximum absolute atomic E-state index is 12.5. The van der Waals surface area contributed by atoms with Crippen molar-refractivity contribution in [3.63, 3.8) is 0 Å². The number of nitrogens with zero attached hydrogens (tertiary/aromatic N) is 1. The zero-order chi connectivity index (χ0) is 19.9. The summed E-state index contributed by atoms with van der Waals surface area (Å²) in [6, 6.07) is 14.9. The lowest BCUT2D eigenvalue weighted by Gasteiger charge is -2.20. The first-order valence-electron chi connectivity index (χ1n) is 9.01. The summed E-state index contributed by atoms with van der Waals surface area (Å²) >= 11 is 0. The highest BCUT2D eigenvalue weighted by atomic mass is 16.5. The number of esters is 1. The number of urea groups is 1. The summed E-state index contributed by atoms with van der Waals surface area (Å²) in [4.78, 5) is 38.3. The molecule has 3 amide bonds. The fraction of sp³-hybridized carbons (Fsp3) is 0.286. The van der Waals surface area contributed by atoms with E-state index < -0.39 is 18.0 Å². The third-order valence-electron chi connectivity index (χ3n) is 4.50. The third-order valence-corrected chi connectivity index (χ3v) is 4.50. The van der Waals surface area contributed by atoms with Crippen molar-refractivity contribution in [3.05, 3.63) is 65.7 Å². The van der Waals surface area contributed by atoms with Gasteiger partial charge in [-0.1, -0.05) is 42.5 Å². The highest BCUT2D eigenvalue weighted by Crippen LogP contribution is 2.17. The monoisotopic (exact) mass is 382 g/mol. The Bertz CT molecular complexity index is 836. The van der Waals surface area contributed by atoms with E-state index in [1.165, 1.54) is 0 Å². The minimum Gasteiger partial charge on any atom is -0.497 e. The largest absolute Gasteiger partial charge is 0.497 e. The topological polar surface area (TPSA) is 84.9 Å². The predicted molar refractivity (Wildman–Crippen MR) is 101 cm³/mol. The standard InChI is InChI=1S/C21H22N2O5/c1-27-17-9-7-15(8-10-17)13-23-19(24)12-11-18(22-21(23)26)20(25)28-14-16-5-3-2-4-6-16/h2-10,18H,11-14H2,1H3,(H,22,26). The molecule has 7 heteroatoms. The zero-order valence-corrected chi connectivity index (χ0v) is 15.6. The second kappa shape index (κ2) is 9.03. The Kier molecular flexibility index (Phi) is 6.26. The molecule has 0 radical (unpaired) electrons. The van der Waals surface area contributed by atoms with Gasteiger partial charge in [-0.05, 0) is 29.7 Å². The van der Waals surface area contributed by atoms with E-state index in [-0.39, 0.29) is 31.9 Å². The number of amides is 3. The van der Waals surface area contributed by atoms with Gasteiger partial charge in [0.05, 0.1) is 13.7 Å². The van der Waals surface area contributed by atoms with Crippen molar-refractivity contribution in [1.82, 2.24) is 10.2 Å². The van der Waals surface area contributed by atoms with Crippen LogP contribution >= 0.6 is 0 Å². The third kappa shape index (κ3) is 4.88. The first kappa shape index (κ1) is 19.4. The summed E-state index contributed by atoms with van der Waals surface area (Å²) in [5.41, 5.74) is 1.64. The van der Waals surface area contributed by atoms with Crippen LogP contribution in [0.3, 0.4) is 0 Å². The van der Waals surface area contributed by atoms with Crippen molar-refractivity contribution < 1.29 is 23.9 Å². The highest BCUT2D eigenvalue weighted by Gasteiger charge is 2.32. The van der Waals surface area contributed by atoms with E-state index in [4.69, 9.17) is 9.47 Å². The number of benzene rings is 2. The molecule has 1 N–H and O–H groups in total. The Morgan fingerprint density at radius 3 is 2.46 bits per heavy atom. The summed E-state index contributed by atoms with van der Waals surface area (Å²) in [6.07, 6.45) is 0.289. The number of carbonyl (C=O) groups is 3. The number of carbonyl (C=O) groups excluding carboxylic acids is 3. The van der Waals surface area contributed by atoms with Crippen LogP contribution in [-0.2, 0) is 27.5 Å². The number of nitrogens with one attached hydrogen (secondary N) is 1. The number of rotatable bonds is 6. The lowest BCUT2D eigenvalue weighted by molar-refractivity contribution is -0.147. The molecule has 1 saturated heterocycles. The Morgan fingerprint density at radius 1 is 1.07 bits per heavy atom. The van der Waals surface area contributed by atoms with Crippen LogP contribution in [0.1, 0.15) is 24.0 Å². The Labute approximate surface area is 163 Å². The summed E-state index contributed by atoms with van der Waals surface area (Å²) in [5.74, 6) is -0.181. The molecule has 28 heavy (non-hydrogen) atoms. The molecular weight excluding hydrogens is 360 g/mol. The van der Waals surface area contributed by atoms with E-state index in [1.54, 1.807) is 31.4 Å². The average molecular weight is 382 g/mol. The number of imide groups is 1. The van der Waals surface area contributed by atoms with Crippen LogP contribution in [0, 0.1) is 0 Å². The summed E-state index contributed by atoms with van der Waals surface area (Å²) in [6.45, 7) is 0.246. The summed E-state index contributed by atoms with van der Waals surface area (Å²) < 4.78 is 10.4. The van der Waals surface area contributed by atoms with Gasteiger partial charge in [0.2, 0.25) is 5.91 Å². The van der Waals surface area contributed by atoms with E-state index >= 15 is 0 Å². The Balaban J connectivity index is 1.60. The molecule has 3 rings (SSSR count). The van der Waals surface area contributed by atoms with Crippen LogP contribution < -0.4 is 10.1 Å². The molecule has 0 aromatic heterocycles. The second-order valence-corrected chi connectivity index (χ2v) is 6.46. The minimum absolute atomic E-state index is 0.0833. The van der Waals surface area contributed by atoms with Crippen molar-refractivity contribution >= 4 is 17.9 Å². The molecular formula is C21H22N2O5. The quantitative estimate of drug-likeness (QED) is 0.777. The Morgan fingerprint density at radius 2 is 1.79 bits per heavy atom. The normalized spacial score (nSPS) is 16.9. The van der Waals surface area contributed by atoms with E-state index in [0.29, 0.717) is 5.75 Å². The van der Waals surface area contributed by atoms with Crippen molar-refractivity contribution in [3.8, 4) is 5.75 Å². The molecule has 1 aliphatic rings. The van der Waals surface area contributed by atoms with Gasteiger partial charge >= 0.3 is 12.0 Å². The zero-order valence-electron chi connectivity index (χ0n) is 15.6. The molecule has 2 aromatic rings.